The number of sulfone groups is 1. The lowest BCUT2D eigenvalue weighted by Gasteiger charge is -2.25. The molecule has 1 aliphatic carbocycles. The van der Waals surface area contributed by atoms with E-state index in [0.717, 1.165) is 22.0 Å². The lowest BCUT2D eigenvalue weighted by molar-refractivity contribution is 0.181. The van der Waals surface area contributed by atoms with E-state index >= 15 is 0 Å². The molecule has 6 nitrogen and oxygen atoms in total. The summed E-state index contributed by atoms with van der Waals surface area (Å²) in [5.41, 5.74) is 2.52. The Hall–Kier alpha value is -2.54. The second-order valence-corrected chi connectivity index (χ2v) is 9.42. The standard InChI is InChI=1S/C21H24N2O4S/c1-23-12-18(16-9-10-22-21(26-2)20(16)23)17-11-15(28(3,24)25)7-8-19(17)27-13-14-5-4-6-14/h7-12,14H,4-6,13H2,1-3H3. The molecule has 1 aliphatic rings. The maximum Gasteiger partial charge on any atom is 0.238 e. The van der Waals surface area contributed by atoms with E-state index in [-0.39, 0.29) is 4.90 Å². The summed E-state index contributed by atoms with van der Waals surface area (Å²) in [6.45, 7) is 0.654. The monoisotopic (exact) mass is 400 g/mol. The topological polar surface area (TPSA) is 70.4 Å². The molecule has 4 rings (SSSR count). The lowest BCUT2D eigenvalue weighted by Crippen LogP contribution is -2.19. The van der Waals surface area contributed by atoms with Gasteiger partial charge in [-0.1, -0.05) is 6.42 Å². The van der Waals surface area contributed by atoms with E-state index < -0.39 is 9.84 Å². The second-order valence-electron chi connectivity index (χ2n) is 7.41. The maximum atomic E-state index is 12.1. The first kappa shape index (κ1) is 18.8. The molecule has 148 valence electrons. The minimum atomic E-state index is -3.33. The van der Waals surface area contributed by atoms with Gasteiger partial charge in [0.25, 0.3) is 0 Å². The molecule has 2 heterocycles. The average Bonchev–Trinajstić information content (AvgIpc) is 2.96. The van der Waals surface area contributed by atoms with Gasteiger partial charge in [0.15, 0.2) is 9.84 Å². The van der Waals surface area contributed by atoms with E-state index in [1.54, 1.807) is 31.5 Å². The number of fused-ring (bicyclic) bond motifs is 1. The third kappa shape index (κ3) is 3.35. The molecule has 28 heavy (non-hydrogen) atoms. The Labute approximate surface area is 165 Å². The molecule has 0 spiro atoms. The summed E-state index contributed by atoms with van der Waals surface area (Å²) < 4.78 is 37.8. The predicted molar refractivity (Wildman–Crippen MR) is 109 cm³/mol. The summed E-state index contributed by atoms with van der Waals surface area (Å²) in [5.74, 6) is 1.81. The number of aryl methyl sites for hydroxylation is 1. The average molecular weight is 401 g/mol. The first-order valence-electron chi connectivity index (χ1n) is 9.34. The zero-order valence-corrected chi connectivity index (χ0v) is 17.1. The Morgan fingerprint density at radius 3 is 2.64 bits per heavy atom. The fourth-order valence-corrected chi connectivity index (χ4v) is 4.28. The number of hydrogen-bond acceptors (Lipinski definition) is 5. The fraction of sp³-hybridized carbons (Fsp3) is 0.381. The van der Waals surface area contributed by atoms with Gasteiger partial charge in [-0.05, 0) is 43.0 Å². The number of nitrogens with zero attached hydrogens (tertiary/aromatic N) is 2. The van der Waals surface area contributed by atoms with Gasteiger partial charge in [0.2, 0.25) is 5.88 Å². The Balaban J connectivity index is 1.88. The summed E-state index contributed by atoms with van der Waals surface area (Å²) in [6.07, 6.45) is 8.51. The molecule has 0 N–H and O–H groups in total. The highest BCUT2D eigenvalue weighted by Gasteiger charge is 2.22. The first-order valence-corrected chi connectivity index (χ1v) is 11.2. The van der Waals surface area contributed by atoms with Gasteiger partial charge in [0, 0.05) is 42.2 Å². The Bertz CT molecular complexity index is 1130. The molecule has 0 aliphatic heterocycles. The molecule has 7 heteroatoms. The Morgan fingerprint density at radius 2 is 2.00 bits per heavy atom. The quantitative estimate of drug-likeness (QED) is 0.629. The van der Waals surface area contributed by atoms with Gasteiger partial charge in [0.1, 0.15) is 11.3 Å². The Kier molecular flexibility index (Phi) is 4.79. The normalized spacial score (nSPS) is 14.8. The van der Waals surface area contributed by atoms with E-state index in [0.29, 0.717) is 24.2 Å². The van der Waals surface area contributed by atoms with Gasteiger partial charge in [-0.3, -0.25) is 0 Å². The van der Waals surface area contributed by atoms with Gasteiger partial charge >= 0.3 is 0 Å². The van der Waals surface area contributed by atoms with E-state index in [2.05, 4.69) is 4.98 Å². The van der Waals surface area contributed by atoms with Crippen molar-refractivity contribution >= 4 is 20.7 Å². The summed E-state index contributed by atoms with van der Waals surface area (Å²) in [6, 6.07) is 6.99. The smallest absolute Gasteiger partial charge is 0.238 e. The van der Waals surface area contributed by atoms with Crippen LogP contribution in [0.4, 0.5) is 0 Å². The number of rotatable bonds is 6. The van der Waals surface area contributed by atoms with Crippen molar-refractivity contribution in [2.24, 2.45) is 13.0 Å². The van der Waals surface area contributed by atoms with E-state index in [4.69, 9.17) is 9.47 Å². The van der Waals surface area contributed by atoms with Crippen LogP contribution in [-0.4, -0.2) is 37.9 Å². The fourth-order valence-electron chi connectivity index (χ4n) is 3.63. The van der Waals surface area contributed by atoms with E-state index in [1.807, 2.05) is 23.9 Å². The number of aromatic nitrogens is 2. The molecule has 0 unspecified atom stereocenters. The van der Waals surface area contributed by atoms with Crippen LogP contribution >= 0.6 is 0 Å². The number of hydrogen-bond donors (Lipinski definition) is 0. The molecule has 1 aromatic carbocycles. The van der Waals surface area contributed by atoms with Crippen molar-refractivity contribution < 1.29 is 17.9 Å². The third-order valence-electron chi connectivity index (χ3n) is 5.42. The van der Waals surface area contributed by atoms with Crippen LogP contribution in [0.3, 0.4) is 0 Å². The largest absolute Gasteiger partial charge is 0.493 e. The van der Waals surface area contributed by atoms with E-state index in [9.17, 15) is 8.42 Å². The van der Waals surface area contributed by atoms with Crippen molar-refractivity contribution in [1.82, 2.24) is 9.55 Å². The molecule has 3 aromatic rings. The molecule has 0 bridgehead atoms. The molecular weight excluding hydrogens is 376 g/mol. The van der Waals surface area contributed by atoms with Gasteiger partial charge in [-0.15, -0.1) is 0 Å². The maximum absolute atomic E-state index is 12.1. The summed E-state index contributed by atoms with van der Waals surface area (Å²) in [5, 5.41) is 0.938. The van der Waals surface area contributed by atoms with Crippen molar-refractivity contribution in [2.75, 3.05) is 20.0 Å². The van der Waals surface area contributed by atoms with Gasteiger partial charge < -0.3 is 14.0 Å². The minimum Gasteiger partial charge on any atom is -0.493 e. The molecule has 0 amide bonds. The Morgan fingerprint density at radius 1 is 1.21 bits per heavy atom. The molecular formula is C21H24N2O4S. The number of methoxy groups -OCH3 is 1. The zero-order valence-electron chi connectivity index (χ0n) is 16.3. The molecule has 0 radical (unpaired) electrons. The molecule has 1 fully saturated rings. The van der Waals surface area contributed by atoms with Gasteiger partial charge in [-0.2, -0.15) is 0 Å². The highest BCUT2D eigenvalue weighted by Crippen LogP contribution is 2.40. The summed E-state index contributed by atoms with van der Waals surface area (Å²) in [4.78, 5) is 4.56. The number of pyridine rings is 1. The van der Waals surface area contributed by atoms with Gasteiger partial charge in [-0.25, -0.2) is 13.4 Å². The molecule has 0 atom stereocenters. The highest BCUT2D eigenvalue weighted by atomic mass is 32.2. The molecule has 1 saturated carbocycles. The van der Waals surface area contributed by atoms with Crippen molar-refractivity contribution in [3.05, 3.63) is 36.7 Å². The van der Waals surface area contributed by atoms with Crippen LogP contribution in [0, 0.1) is 5.92 Å². The minimum absolute atomic E-state index is 0.275. The van der Waals surface area contributed by atoms with Crippen LogP contribution in [0.5, 0.6) is 11.6 Å². The first-order chi connectivity index (χ1) is 13.4. The zero-order chi connectivity index (χ0) is 19.9. The van der Waals surface area contributed by atoms with Crippen LogP contribution in [0.25, 0.3) is 22.0 Å². The summed E-state index contributed by atoms with van der Waals surface area (Å²) >= 11 is 0. The molecule has 0 saturated heterocycles. The van der Waals surface area contributed by atoms with Crippen molar-refractivity contribution in [3.63, 3.8) is 0 Å². The van der Waals surface area contributed by atoms with Crippen LogP contribution < -0.4 is 9.47 Å². The lowest BCUT2D eigenvalue weighted by atomic mass is 9.86. The van der Waals surface area contributed by atoms with Crippen molar-refractivity contribution in [3.8, 4) is 22.8 Å². The van der Waals surface area contributed by atoms with Crippen molar-refractivity contribution in [2.45, 2.75) is 24.2 Å². The summed E-state index contributed by atoms with van der Waals surface area (Å²) in [7, 11) is 0.178. The van der Waals surface area contributed by atoms with Crippen LogP contribution in [0.1, 0.15) is 19.3 Å². The van der Waals surface area contributed by atoms with Crippen LogP contribution in [-0.2, 0) is 16.9 Å². The SMILES string of the molecule is COc1nccc2c(-c3cc(S(C)(=O)=O)ccc3OCC3CCC3)cn(C)c12. The highest BCUT2D eigenvalue weighted by molar-refractivity contribution is 7.90. The van der Waals surface area contributed by atoms with Gasteiger partial charge in [0.05, 0.1) is 18.6 Å². The number of benzene rings is 1. The van der Waals surface area contributed by atoms with Crippen LogP contribution in [0.15, 0.2) is 41.6 Å². The second kappa shape index (κ2) is 7.13. The van der Waals surface area contributed by atoms with Crippen molar-refractivity contribution in [1.29, 1.82) is 0 Å². The van der Waals surface area contributed by atoms with Crippen LogP contribution in [0.2, 0.25) is 0 Å². The van der Waals surface area contributed by atoms with E-state index in [1.165, 1.54) is 25.5 Å². The molecule has 2 aromatic heterocycles. The number of ether oxygens (including phenoxy) is 2. The predicted octanol–water partition coefficient (Wildman–Crippen LogP) is 3.83. The third-order valence-corrected chi connectivity index (χ3v) is 6.53.